The molecular weight excluding hydrogens is 649 g/mol. The van der Waals surface area contributed by atoms with Gasteiger partial charge >= 0.3 is 0 Å². The second-order valence-electron chi connectivity index (χ2n) is 9.48. The van der Waals surface area contributed by atoms with Crippen LogP contribution in [0.2, 0.25) is 5.02 Å². The highest BCUT2D eigenvalue weighted by atomic mass is 127. The summed E-state index contributed by atoms with van der Waals surface area (Å²) in [6, 6.07) is 21.2. The van der Waals surface area contributed by atoms with E-state index in [2.05, 4.69) is 27.9 Å². The van der Waals surface area contributed by atoms with Gasteiger partial charge in [-0.05, 0) is 83.0 Å². The molecule has 0 heterocycles. The standard InChI is InChI=1S/C29H33ClIN3O4S/c1-4-27(29(36)32-18-21(2)3)33(19-22-10-8-9-13-26(22)30)28(35)20-34(24-16-14-23(31)15-17-24)39(37,38)25-11-6-5-7-12-25/h5-17,21,27H,4,18-20H2,1-3H3,(H,32,36). The monoisotopic (exact) mass is 681 g/mol. The van der Waals surface area contributed by atoms with Crippen LogP contribution >= 0.6 is 34.2 Å². The lowest BCUT2D eigenvalue weighted by Crippen LogP contribution is -2.52. The molecule has 39 heavy (non-hydrogen) atoms. The zero-order valence-corrected chi connectivity index (χ0v) is 25.9. The second kappa shape index (κ2) is 14.1. The first-order valence-electron chi connectivity index (χ1n) is 12.7. The van der Waals surface area contributed by atoms with Gasteiger partial charge in [-0.2, -0.15) is 0 Å². The van der Waals surface area contributed by atoms with Gasteiger partial charge in [-0.1, -0.05) is 68.8 Å². The lowest BCUT2D eigenvalue weighted by molar-refractivity contribution is -0.140. The van der Waals surface area contributed by atoms with Gasteiger partial charge in [0.2, 0.25) is 11.8 Å². The molecule has 0 aromatic heterocycles. The predicted molar refractivity (Wildman–Crippen MR) is 164 cm³/mol. The zero-order chi connectivity index (χ0) is 28.6. The first kappa shape index (κ1) is 30.9. The number of rotatable bonds is 12. The van der Waals surface area contributed by atoms with E-state index in [0.717, 1.165) is 7.88 Å². The molecule has 0 radical (unpaired) electrons. The van der Waals surface area contributed by atoms with E-state index < -0.39 is 28.5 Å². The maximum Gasteiger partial charge on any atom is 0.264 e. The van der Waals surface area contributed by atoms with Crippen molar-refractivity contribution >= 4 is 61.7 Å². The molecule has 10 heteroatoms. The molecule has 0 saturated heterocycles. The Morgan fingerprint density at radius 1 is 0.949 bits per heavy atom. The maximum atomic E-state index is 14.0. The van der Waals surface area contributed by atoms with Crippen molar-refractivity contribution in [3.05, 3.63) is 93.0 Å². The molecule has 1 atom stereocenters. The van der Waals surface area contributed by atoms with Crippen molar-refractivity contribution in [2.45, 2.75) is 44.7 Å². The Morgan fingerprint density at radius 3 is 2.15 bits per heavy atom. The van der Waals surface area contributed by atoms with Crippen molar-refractivity contribution in [1.29, 1.82) is 0 Å². The minimum absolute atomic E-state index is 0.0536. The first-order valence-corrected chi connectivity index (χ1v) is 15.6. The Morgan fingerprint density at radius 2 is 1.56 bits per heavy atom. The third kappa shape index (κ3) is 8.18. The SMILES string of the molecule is CCC(C(=O)NCC(C)C)N(Cc1ccccc1Cl)C(=O)CN(c1ccc(I)cc1)S(=O)(=O)c1ccccc1. The molecule has 7 nitrogen and oxygen atoms in total. The Bertz CT molecular complexity index is 1370. The molecule has 0 spiro atoms. The van der Waals surface area contributed by atoms with Crippen LogP contribution in [0.3, 0.4) is 0 Å². The van der Waals surface area contributed by atoms with Gasteiger partial charge < -0.3 is 10.2 Å². The number of carbonyl (C=O) groups is 2. The van der Waals surface area contributed by atoms with Crippen LogP contribution in [0.25, 0.3) is 0 Å². The summed E-state index contributed by atoms with van der Waals surface area (Å²) in [6.07, 6.45) is 0.342. The third-order valence-corrected chi connectivity index (χ3v) is 8.97. The third-order valence-electron chi connectivity index (χ3n) is 6.09. The van der Waals surface area contributed by atoms with Gasteiger partial charge in [-0.3, -0.25) is 13.9 Å². The number of nitrogens with one attached hydrogen (secondary N) is 1. The molecule has 3 aromatic rings. The predicted octanol–water partition coefficient (Wildman–Crippen LogP) is 5.72. The molecule has 3 aromatic carbocycles. The van der Waals surface area contributed by atoms with Gasteiger partial charge in [0, 0.05) is 21.7 Å². The Balaban J connectivity index is 2.04. The lowest BCUT2D eigenvalue weighted by Gasteiger charge is -2.33. The first-order chi connectivity index (χ1) is 18.5. The average Bonchev–Trinajstić information content (AvgIpc) is 2.92. The van der Waals surface area contributed by atoms with Crippen LogP contribution in [0.5, 0.6) is 0 Å². The molecule has 208 valence electrons. The normalized spacial score (nSPS) is 12.2. The van der Waals surface area contributed by atoms with E-state index in [1.54, 1.807) is 66.7 Å². The summed E-state index contributed by atoms with van der Waals surface area (Å²) in [5, 5.41) is 3.38. The van der Waals surface area contributed by atoms with Crippen LogP contribution in [-0.2, 0) is 26.2 Å². The summed E-state index contributed by atoms with van der Waals surface area (Å²) in [6.45, 7) is 5.82. The fourth-order valence-corrected chi connectivity index (χ4v) is 6.00. The number of carbonyl (C=O) groups excluding carboxylic acids is 2. The minimum atomic E-state index is -4.09. The molecule has 1 N–H and O–H groups in total. The quantitative estimate of drug-likeness (QED) is 0.248. The summed E-state index contributed by atoms with van der Waals surface area (Å²) < 4.78 is 29.6. The van der Waals surface area contributed by atoms with E-state index >= 15 is 0 Å². The van der Waals surface area contributed by atoms with Crippen molar-refractivity contribution in [1.82, 2.24) is 10.2 Å². The largest absolute Gasteiger partial charge is 0.354 e. The molecular formula is C29H33ClIN3O4S. The Hall–Kier alpha value is -2.63. The summed E-state index contributed by atoms with van der Waals surface area (Å²) in [5.74, 6) is -0.579. The van der Waals surface area contributed by atoms with Crippen LogP contribution in [0, 0.1) is 9.49 Å². The minimum Gasteiger partial charge on any atom is -0.354 e. The lowest BCUT2D eigenvalue weighted by atomic mass is 10.1. The number of sulfonamides is 1. The van der Waals surface area contributed by atoms with E-state index in [4.69, 9.17) is 11.6 Å². The van der Waals surface area contributed by atoms with Crippen molar-refractivity contribution < 1.29 is 18.0 Å². The molecule has 0 saturated carbocycles. The van der Waals surface area contributed by atoms with Gasteiger partial charge in [-0.15, -0.1) is 0 Å². The smallest absolute Gasteiger partial charge is 0.264 e. The van der Waals surface area contributed by atoms with E-state index in [1.165, 1.54) is 17.0 Å². The molecule has 2 amide bonds. The van der Waals surface area contributed by atoms with Crippen LogP contribution in [0.4, 0.5) is 5.69 Å². The van der Waals surface area contributed by atoms with Crippen molar-refractivity contribution in [2.75, 3.05) is 17.4 Å². The molecule has 0 fully saturated rings. The van der Waals surface area contributed by atoms with Crippen LogP contribution < -0.4 is 9.62 Å². The number of amides is 2. The number of hydrogen-bond donors (Lipinski definition) is 1. The number of benzene rings is 3. The van der Waals surface area contributed by atoms with Crippen LogP contribution in [0.1, 0.15) is 32.8 Å². The summed E-state index contributed by atoms with van der Waals surface area (Å²) in [7, 11) is -4.09. The fraction of sp³-hybridized carbons (Fsp3) is 0.310. The topological polar surface area (TPSA) is 86.8 Å². The number of nitrogens with zero attached hydrogens (tertiary/aromatic N) is 2. The number of halogens is 2. The highest BCUT2D eigenvalue weighted by Crippen LogP contribution is 2.26. The van der Waals surface area contributed by atoms with Gasteiger partial charge in [0.15, 0.2) is 0 Å². The molecule has 0 aliphatic heterocycles. The van der Waals surface area contributed by atoms with Gasteiger partial charge in [0.05, 0.1) is 10.6 Å². The van der Waals surface area contributed by atoms with Crippen LogP contribution in [-0.4, -0.2) is 44.3 Å². The van der Waals surface area contributed by atoms with Crippen molar-refractivity contribution in [2.24, 2.45) is 5.92 Å². The highest BCUT2D eigenvalue weighted by Gasteiger charge is 2.33. The van der Waals surface area contributed by atoms with Gasteiger partial charge in [0.1, 0.15) is 12.6 Å². The number of hydrogen-bond acceptors (Lipinski definition) is 4. The summed E-state index contributed by atoms with van der Waals surface area (Å²) in [4.78, 5) is 28.8. The van der Waals surface area contributed by atoms with Crippen molar-refractivity contribution in [3.8, 4) is 0 Å². The van der Waals surface area contributed by atoms with Crippen molar-refractivity contribution in [3.63, 3.8) is 0 Å². The van der Waals surface area contributed by atoms with E-state index in [1.807, 2.05) is 20.8 Å². The van der Waals surface area contributed by atoms with E-state index in [0.29, 0.717) is 29.2 Å². The summed E-state index contributed by atoms with van der Waals surface area (Å²) in [5.41, 5.74) is 1.01. The molecule has 0 aliphatic carbocycles. The van der Waals surface area contributed by atoms with Gasteiger partial charge in [-0.25, -0.2) is 8.42 Å². The Labute approximate surface area is 249 Å². The fourth-order valence-electron chi connectivity index (χ4n) is 4.01. The highest BCUT2D eigenvalue weighted by molar-refractivity contribution is 14.1. The second-order valence-corrected chi connectivity index (χ2v) is 13.0. The zero-order valence-electron chi connectivity index (χ0n) is 22.2. The number of anilines is 1. The van der Waals surface area contributed by atoms with E-state index in [9.17, 15) is 18.0 Å². The van der Waals surface area contributed by atoms with Gasteiger partial charge in [0.25, 0.3) is 10.0 Å². The Kier molecular flexibility index (Phi) is 11.2. The average molecular weight is 682 g/mol. The molecule has 3 rings (SSSR count). The summed E-state index contributed by atoms with van der Waals surface area (Å²) >= 11 is 8.56. The van der Waals surface area contributed by atoms with E-state index in [-0.39, 0.29) is 23.3 Å². The molecule has 1 unspecified atom stereocenters. The molecule has 0 bridgehead atoms. The molecule has 0 aliphatic rings. The maximum absolute atomic E-state index is 14.0. The van der Waals surface area contributed by atoms with Crippen LogP contribution in [0.15, 0.2) is 83.8 Å².